The Hall–Kier alpha value is -1.02. The molecule has 19 heavy (non-hydrogen) atoms. The van der Waals surface area contributed by atoms with Crippen molar-refractivity contribution in [1.82, 2.24) is 0 Å². The van der Waals surface area contributed by atoms with Crippen LogP contribution in [0.5, 0.6) is 5.75 Å². The molecule has 1 atom stereocenters. The van der Waals surface area contributed by atoms with Crippen LogP contribution in [0.3, 0.4) is 0 Å². The monoisotopic (exact) mass is 263 g/mol. The van der Waals surface area contributed by atoms with Crippen molar-refractivity contribution in [1.29, 1.82) is 0 Å². The van der Waals surface area contributed by atoms with E-state index in [9.17, 15) is 5.11 Å². The Morgan fingerprint density at radius 3 is 1.63 bits per heavy atom. The largest absolute Gasteiger partial charge is 0.507 e. The van der Waals surface area contributed by atoms with Gasteiger partial charge in [-0.05, 0) is 33.9 Å². The third-order valence-electron chi connectivity index (χ3n) is 3.62. The van der Waals surface area contributed by atoms with Crippen LogP contribution < -0.4 is 5.73 Å². The Morgan fingerprint density at radius 1 is 1.00 bits per heavy atom. The molecule has 0 unspecified atom stereocenters. The van der Waals surface area contributed by atoms with Crippen LogP contribution >= 0.6 is 0 Å². The van der Waals surface area contributed by atoms with E-state index < -0.39 is 0 Å². The lowest BCUT2D eigenvalue weighted by Crippen LogP contribution is -2.20. The van der Waals surface area contributed by atoms with Crippen molar-refractivity contribution in [3.8, 4) is 5.75 Å². The second-order valence-electron chi connectivity index (χ2n) is 7.48. The van der Waals surface area contributed by atoms with Crippen LogP contribution in [-0.2, 0) is 10.8 Å². The van der Waals surface area contributed by atoms with E-state index in [1.54, 1.807) is 0 Å². The van der Waals surface area contributed by atoms with Gasteiger partial charge in [-0.2, -0.15) is 0 Å². The first-order chi connectivity index (χ1) is 8.48. The summed E-state index contributed by atoms with van der Waals surface area (Å²) in [6.07, 6.45) is 0.901. The normalized spacial score (nSPS) is 14.5. The lowest BCUT2D eigenvalue weighted by Gasteiger charge is -2.29. The number of benzene rings is 1. The predicted molar refractivity (Wildman–Crippen MR) is 82.7 cm³/mol. The number of nitrogens with two attached hydrogens (primary N) is 1. The number of aromatic hydroxyl groups is 1. The quantitative estimate of drug-likeness (QED) is 0.831. The second-order valence-corrected chi connectivity index (χ2v) is 7.48. The van der Waals surface area contributed by atoms with Gasteiger partial charge >= 0.3 is 0 Å². The van der Waals surface area contributed by atoms with Crippen molar-refractivity contribution in [3.63, 3.8) is 0 Å². The fourth-order valence-electron chi connectivity index (χ4n) is 2.25. The number of hydrogen-bond donors (Lipinski definition) is 2. The van der Waals surface area contributed by atoms with Gasteiger partial charge in [-0.15, -0.1) is 0 Å². The SMILES string of the molecule is CC[C@H](N)c1cc(C(C)(C)C)c(O)c(C(C)(C)C)c1. The zero-order valence-electron chi connectivity index (χ0n) is 13.5. The van der Waals surface area contributed by atoms with Crippen LogP contribution in [0.1, 0.15) is 77.6 Å². The highest BCUT2D eigenvalue weighted by atomic mass is 16.3. The summed E-state index contributed by atoms with van der Waals surface area (Å²) in [6.45, 7) is 14.8. The maximum Gasteiger partial charge on any atom is 0.123 e. The Labute approximate surface area is 118 Å². The van der Waals surface area contributed by atoms with E-state index in [4.69, 9.17) is 5.73 Å². The lowest BCUT2D eigenvalue weighted by atomic mass is 9.77. The molecule has 0 aliphatic rings. The fraction of sp³-hybridized carbons (Fsp3) is 0.647. The summed E-state index contributed by atoms with van der Waals surface area (Å²) in [7, 11) is 0. The summed E-state index contributed by atoms with van der Waals surface area (Å²) in [6, 6.07) is 4.17. The molecule has 2 nitrogen and oxygen atoms in total. The molecule has 3 N–H and O–H groups in total. The topological polar surface area (TPSA) is 46.2 Å². The Balaban J connectivity index is 3.57. The Bertz CT molecular complexity index is 414. The van der Waals surface area contributed by atoms with Crippen molar-refractivity contribution in [2.75, 3.05) is 0 Å². The molecule has 1 aromatic rings. The summed E-state index contributed by atoms with van der Waals surface area (Å²) in [5.41, 5.74) is 9.10. The van der Waals surface area contributed by atoms with Crippen LogP contribution in [0.4, 0.5) is 0 Å². The van der Waals surface area contributed by atoms with E-state index in [0.29, 0.717) is 5.75 Å². The van der Waals surface area contributed by atoms with Crippen molar-refractivity contribution in [2.24, 2.45) is 5.73 Å². The molecule has 108 valence electrons. The first-order valence-corrected chi connectivity index (χ1v) is 7.12. The maximum atomic E-state index is 10.6. The van der Waals surface area contributed by atoms with Gasteiger partial charge in [0.05, 0.1) is 0 Å². The van der Waals surface area contributed by atoms with Gasteiger partial charge in [-0.25, -0.2) is 0 Å². The highest BCUT2D eigenvalue weighted by molar-refractivity contribution is 5.50. The number of phenolic OH excluding ortho intramolecular Hbond substituents is 1. The van der Waals surface area contributed by atoms with Gasteiger partial charge < -0.3 is 10.8 Å². The minimum Gasteiger partial charge on any atom is -0.507 e. The number of phenols is 1. The van der Waals surface area contributed by atoms with Gasteiger partial charge in [-0.1, -0.05) is 60.6 Å². The third kappa shape index (κ3) is 3.50. The molecule has 0 saturated heterocycles. The molecule has 0 radical (unpaired) electrons. The van der Waals surface area contributed by atoms with Gasteiger partial charge in [0.1, 0.15) is 5.75 Å². The first-order valence-electron chi connectivity index (χ1n) is 7.12. The summed E-state index contributed by atoms with van der Waals surface area (Å²) in [5, 5.41) is 10.6. The maximum absolute atomic E-state index is 10.6. The summed E-state index contributed by atoms with van der Waals surface area (Å²) in [5.74, 6) is 0.423. The highest BCUT2D eigenvalue weighted by Gasteiger charge is 2.27. The average molecular weight is 263 g/mol. The second kappa shape index (κ2) is 5.16. The molecule has 0 aromatic heterocycles. The molecule has 1 aromatic carbocycles. The minimum atomic E-state index is -0.0897. The van der Waals surface area contributed by atoms with Gasteiger partial charge in [0, 0.05) is 6.04 Å². The van der Waals surface area contributed by atoms with Crippen LogP contribution in [0.25, 0.3) is 0 Å². The molecular formula is C17H29NO. The van der Waals surface area contributed by atoms with Crippen LogP contribution in [0.15, 0.2) is 12.1 Å². The number of hydrogen-bond acceptors (Lipinski definition) is 2. The molecule has 1 rings (SSSR count). The van der Waals surface area contributed by atoms with Crippen molar-refractivity contribution < 1.29 is 5.11 Å². The van der Waals surface area contributed by atoms with E-state index in [2.05, 4.69) is 60.6 Å². The van der Waals surface area contributed by atoms with Crippen molar-refractivity contribution in [2.45, 2.75) is 71.8 Å². The molecule has 0 aliphatic carbocycles. The van der Waals surface area contributed by atoms with Gasteiger partial charge in [0.2, 0.25) is 0 Å². The highest BCUT2D eigenvalue weighted by Crippen LogP contribution is 2.40. The molecule has 0 bridgehead atoms. The van der Waals surface area contributed by atoms with E-state index >= 15 is 0 Å². The molecule has 0 spiro atoms. The van der Waals surface area contributed by atoms with Crippen LogP contribution in [0.2, 0.25) is 0 Å². The Kier molecular flexibility index (Phi) is 4.36. The molecule has 2 heteroatoms. The molecule has 0 fully saturated rings. The summed E-state index contributed by atoms with van der Waals surface area (Å²) >= 11 is 0. The standard InChI is InChI=1S/C17H29NO/c1-8-14(18)11-9-12(16(2,3)4)15(19)13(10-11)17(5,6)7/h9-10,14,19H,8,18H2,1-7H3/t14-/m0/s1. The zero-order valence-corrected chi connectivity index (χ0v) is 13.5. The predicted octanol–water partition coefficient (Wildman–Crippen LogP) is 4.40. The molecule has 0 amide bonds. The summed E-state index contributed by atoms with van der Waals surface area (Å²) < 4.78 is 0. The zero-order chi connectivity index (χ0) is 15.0. The van der Waals surface area contributed by atoms with Gasteiger partial charge in [0.25, 0.3) is 0 Å². The fourth-order valence-corrected chi connectivity index (χ4v) is 2.25. The molecule has 0 saturated carbocycles. The average Bonchev–Trinajstić information content (AvgIpc) is 2.25. The van der Waals surface area contributed by atoms with Crippen LogP contribution in [0, 0.1) is 0 Å². The van der Waals surface area contributed by atoms with E-state index in [0.717, 1.165) is 23.1 Å². The number of rotatable bonds is 2. The minimum absolute atomic E-state index is 0.0304. The molecule has 0 heterocycles. The van der Waals surface area contributed by atoms with Crippen LogP contribution in [-0.4, -0.2) is 5.11 Å². The van der Waals surface area contributed by atoms with Crippen molar-refractivity contribution in [3.05, 3.63) is 28.8 Å². The molecule has 0 aliphatic heterocycles. The Morgan fingerprint density at radius 2 is 1.37 bits per heavy atom. The van der Waals surface area contributed by atoms with Gasteiger partial charge in [0.15, 0.2) is 0 Å². The smallest absolute Gasteiger partial charge is 0.123 e. The van der Waals surface area contributed by atoms with E-state index in [1.807, 2.05) is 0 Å². The lowest BCUT2D eigenvalue weighted by molar-refractivity contribution is 0.422. The third-order valence-corrected chi connectivity index (χ3v) is 3.62. The van der Waals surface area contributed by atoms with E-state index in [-0.39, 0.29) is 16.9 Å². The first kappa shape index (κ1) is 16.0. The molecular weight excluding hydrogens is 234 g/mol. The van der Waals surface area contributed by atoms with Crippen molar-refractivity contribution >= 4 is 0 Å². The van der Waals surface area contributed by atoms with E-state index in [1.165, 1.54) is 0 Å². The van der Waals surface area contributed by atoms with Gasteiger partial charge in [-0.3, -0.25) is 0 Å². The summed E-state index contributed by atoms with van der Waals surface area (Å²) in [4.78, 5) is 0.